The third-order valence-corrected chi connectivity index (χ3v) is 4.65. The Kier molecular flexibility index (Phi) is 3.96. The lowest BCUT2D eigenvalue weighted by molar-refractivity contribution is -0.119. The molecule has 4 rings (SSSR count). The number of carbonyl (C=O) groups is 3. The molecule has 0 bridgehead atoms. The van der Waals surface area contributed by atoms with Crippen molar-refractivity contribution >= 4 is 34.4 Å². The van der Waals surface area contributed by atoms with Gasteiger partial charge < -0.3 is 9.84 Å². The highest BCUT2D eigenvalue weighted by Crippen LogP contribution is 2.33. The number of esters is 1. The van der Waals surface area contributed by atoms with Crippen LogP contribution in [0.3, 0.4) is 0 Å². The van der Waals surface area contributed by atoms with Crippen molar-refractivity contribution in [2.45, 2.75) is 0 Å². The fourth-order valence-electron chi connectivity index (χ4n) is 3.22. The summed E-state index contributed by atoms with van der Waals surface area (Å²) in [5.74, 6) is -1.85. The Hall–Kier alpha value is -3.94. The van der Waals surface area contributed by atoms with Crippen LogP contribution in [0, 0.1) is 0 Å². The number of benzene rings is 2. The first-order valence-electron chi connectivity index (χ1n) is 8.36. The van der Waals surface area contributed by atoms with Gasteiger partial charge in [-0.2, -0.15) is 4.99 Å². The number of urea groups is 1. The topological polar surface area (TPSA) is 101 Å². The number of fused-ring (bicyclic) bond motifs is 1. The highest BCUT2D eigenvalue weighted by molar-refractivity contribution is 6.52. The van der Waals surface area contributed by atoms with E-state index >= 15 is 0 Å². The summed E-state index contributed by atoms with van der Waals surface area (Å²) in [5, 5.41) is 12.7. The average molecular weight is 377 g/mol. The van der Waals surface area contributed by atoms with Gasteiger partial charge in [-0.3, -0.25) is 14.3 Å². The zero-order chi connectivity index (χ0) is 20.0. The van der Waals surface area contributed by atoms with Crippen LogP contribution in [0.5, 0.6) is 5.88 Å². The van der Waals surface area contributed by atoms with E-state index in [1.807, 2.05) is 36.4 Å². The first kappa shape index (κ1) is 17.5. The molecule has 3 aromatic rings. The number of aromatic hydroxyl groups is 1. The van der Waals surface area contributed by atoms with Crippen LogP contribution in [0.1, 0.15) is 15.9 Å². The zero-order valence-corrected chi connectivity index (χ0v) is 15.0. The second-order valence-electron chi connectivity index (χ2n) is 6.21. The van der Waals surface area contributed by atoms with E-state index in [0.29, 0.717) is 5.69 Å². The van der Waals surface area contributed by atoms with E-state index in [9.17, 15) is 19.5 Å². The normalized spacial score (nSPS) is 13.9. The smallest absolute Gasteiger partial charge is 0.351 e. The van der Waals surface area contributed by atoms with E-state index in [2.05, 4.69) is 4.99 Å². The number of aliphatic imine (C=N–C) groups is 1. The van der Waals surface area contributed by atoms with Gasteiger partial charge in [0.25, 0.3) is 5.91 Å². The van der Waals surface area contributed by atoms with Crippen LogP contribution in [-0.4, -0.2) is 52.4 Å². The summed E-state index contributed by atoms with van der Waals surface area (Å²) in [6.07, 6.45) is 1.37. The van der Waals surface area contributed by atoms with Crippen LogP contribution < -0.4 is 0 Å². The number of methoxy groups -OCH3 is 1. The molecule has 2 aromatic carbocycles. The largest absolute Gasteiger partial charge is 0.494 e. The molecule has 0 saturated heterocycles. The predicted octanol–water partition coefficient (Wildman–Crippen LogP) is 2.50. The Morgan fingerprint density at radius 2 is 1.82 bits per heavy atom. The third-order valence-electron chi connectivity index (χ3n) is 4.65. The molecular formula is C20H15N3O5. The summed E-state index contributed by atoms with van der Waals surface area (Å²) in [4.78, 5) is 41.0. The van der Waals surface area contributed by atoms with Crippen molar-refractivity contribution in [1.29, 1.82) is 0 Å². The van der Waals surface area contributed by atoms with E-state index < -0.39 is 17.9 Å². The molecule has 140 valence electrons. The minimum absolute atomic E-state index is 0.0665. The van der Waals surface area contributed by atoms with Crippen molar-refractivity contribution in [3.05, 3.63) is 59.8 Å². The molecule has 3 amide bonds. The van der Waals surface area contributed by atoms with Gasteiger partial charge in [0, 0.05) is 18.6 Å². The van der Waals surface area contributed by atoms with Gasteiger partial charge >= 0.3 is 12.0 Å². The number of rotatable bonds is 3. The molecule has 0 unspecified atom stereocenters. The van der Waals surface area contributed by atoms with Gasteiger partial charge in [-0.25, -0.2) is 9.59 Å². The van der Waals surface area contributed by atoms with Crippen molar-refractivity contribution in [3.8, 4) is 11.6 Å². The van der Waals surface area contributed by atoms with Crippen LogP contribution in [0.15, 0.2) is 53.7 Å². The molecule has 1 aliphatic rings. The fourth-order valence-corrected chi connectivity index (χ4v) is 3.22. The maximum atomic E-state index is 12.4. The van der Waals surface area contributed by atoms with Gasteiger partial charge in [0.15, 0.2) is 0 Å². The van der Waals surface area contributed by atoms with Crippen molar-refractivity contribution in [2.75, 3.05) is 14.2 Å². The Labute approximate surface area is 159 Å². The molecule has 1 aromatic heterocycles. The third kappa shape index (κ3) is 2.46. The maximum absolute atomic E-state index is 12.4. The molecule has 8 nitrogen and oxygen atoms in total. The summed E-state index contributed by atoms with van der Waals surface area (Å²) in [6.45, 7) is 0. The van der Waals surface area contributed by atoms with Gasteiger partial charge in [-0.15, -0.1) is 0 Å². The van der Waals surface area contributed by atoms with Crippen LogP contribution in [0.2, 0.25) is 0 Å². The first-order valence-corrected chi connectivity index (χ1v) is 8.36. The Morgan fingerprint density at radius 3 is 2.50 bits per heavy atom. The standard InChI is InChI=1S/C20H15N3O5/c1-22-18(25)16(21-20(22)27)15-13(19(26)28-2)10-23(17(15)24)14-9-5-7-11-6-3-4-8-12(11)14/h3-10,24H,1-2H3. The van der Waals surface area contributed by atoms with Gasteiger partial charge in [0.2, 0.25) is 5.88 Å². The van der Waals surface area contributed by atoms with Gasteiger partial charge in [0.1, 0.15) is 5.71 Å². The molecule has 1 aliphatic heterocycles. The first-order chi connectivity index (χ1) is 13.4. The van der Waals surface area contributed by atoms with Crippen LogP contribution in [-0.2, 0) is 9.53 Å². The molecule has 0 spiro atoms. The monoisotopic (exact) mass is 377 g/mol. The number of hydrogen-bond acceptors (Lipinski definition) is 5. The minimum atomic E-state index is -0.770. The molecule has 2 heterocycles. The number of aromatic nitrogens is 1. The number of likely N-dealkylation sites (N-methyl/N-ethyl adjacent to an activating group) is 1. The SMILES string of the molecule is COC(=O)c1cn(-c2cccc3ccccc23)c(O)c1C1=NC(=O)N(C)C1=O. The van der Waals surface area contributed by atoms with Crippen molar-refractivity contribution in [3.63, 3.8) is 0 Å². The Bertz CT molecular complexity index is 1190. The highest BCUT2D eigenvalue weighted by Gasteiger charge is 2.37. The van der Waals surface area contributed by atoms with E-state index in [1.165, 1.54) is 24.9 Å². The van der Waals surface area contributed by atoms with Gasteiger partial charge in [0.05, 0.1) is 23.9 Å². The van der Waals surface area contributed by atoms with E-state index in [4.69, 9.17) is 4.74 Å². The van der Waals surface area contributed by atoms with Gasteiger partial charge in [-0.1, -0.05) is 36.4 Å². The molecular weight excluding hydrogens is 362 g/mol. The zero-order valence-electron chi connectivity index (χ0n) is 15.0. The lowest BCUT2D eigenvalue weighted by Gasteiger charge is -2.09. The maximum Gasteiger partial charge on any atom is 0.351 e. The molecule has 0 fully saturated rings. The van der Waals surface area contributed by atoms with E-state index in [-0.39, 0.29) is 22.7 Å². The fraction of sp³-hybridized carbons (Fsp3) is 0.100. The predicted molar refractivity (Wildman–Crippen MR) is 101 cm³/mol. The number of amides is 3. The minimum Gasteiger partial charge on any atom is -0.494 e. The van der Waals surface area contributed by atoms with E-state index in [1.54, 1.807) is 6.07 Å². The molecule has 28 heavy (non-hydrogen) atoms. The van der Waals surface area contributed by atoms with Crippen LogP contribution in [0.25, 0.3) is 16.5 Å². The summed E-state index contributed by atoms with van der Waals surface area (Å²) in [7, 11) is 2.46. The van der Waals surface area contributed by atoms with E-state index in [0.717, 1.165) is 15.7 Å². The highest BCUT2D eigenvalue weighted by atomic mass is 16.5. The summed E-state index contributed by atoms with van der Waals surface area (Å²) >= 11 is 0. The second kappa shape index (κ2) is 6.34. The summed E-state index contributed by atoms with van der Waals surface area (Å²) < 4.78 is 6.17. The number of nitrogens with zero attached hydrogens (tertiary/aromatic N) is 3. The number of imide groups is 1. The lowest BCUT2D eigenvalue weighted by atomic mass is 10.1. The molecule has 8 heteroatoms. The Morgan fingerprint density at radius 1 is 1.11 bits per heavy atom. The summed E-state index contributed by atoms with van der Waals surface area (Å²) in [6, 6.07) is 12.3. The number of carbonyl (C=O) groups excluding carboxylic acids is 3. The molecule has 0 atom stereocenters. The van der Waals surface area contributed by atoms with Crippen molar-refractivity contribution in [2.24, 2.45) is 4.99 Å². The Balaban J connectivity index is 2.00. The van der Waals surface area contributed by atoms with Crippen molar-refractivity contribution < 1.29 is 24.2 Å². The lowest BCUT2D eigenvalue weighted by Crippen LogP contribution is -2.29. The number of ether oxygens (including phenoxy) is 1. The van der Waals surface area contributed by atoms with Crippen LogP contribution in [0.4, 0.5) is 4.79 Å². The van der Waals surface area contributed by atoms with Gasteiger partial charge in [-0.05, 0) is 11.5 Å². The average Bonchev–Trinajstić information content (AvgIpc) is 3.18. The number of hydrogen-bond donors (Lipinski definition) is 1. The van der Waals surface area contributed by atoms with Crippen LogP contribution >= 0.6 is 0 Å². The molecule has 1 N–H and O–H groups in total. The van der Waals surface area contributed by atoms with Crippen molar-refractivity contribution in [1.82, 2.24) is 9.47 Å². The summed E-state index contributed by atoms with van der Waals surface area (Å²) in [5.41, 5.74) is 0.0905. The quantitative estimate of drug-likeness (QED) is 0.707. The molecule has 0 radical (unpaired) electrons. The molecule has 0 saturated carbocycles. The molecule has 0 aliphatic carbocycles. The second-order valence-corrected chi connectivity index (χ2v) is 6.21.